The van der Waals surface area contributed by atoms with E-state index >= 15 is 0 Å². The second-order valence-corrected chi connectivity index (χ2v) is 11.9. The van der Waals surface area contributed by atoms with Crippen LogP contribution in [0.2, 0.25) is 0 Å². The van der Waals surface area contributed by atoms with E-state index in [1.54, 1.807) is 47.4 Å². The molecular weight excluding hydrogens is 526 g/mol. The number of benzene rings is 2. The zero-order valence-corrected chi connectivity index (χ0v) is 22.3. The number of fused-ring (bicyclic) bond motifs is 2. The molecule has 5 rings (SSSR count). The lowest BCUT2D eigenvalue weighted by Gasteiger charge is -2.34. The van der Waals surface area contributed by atoms with Gasteiger partial charge in [0.15, 0.2) is 0 Å². The molecule has 3 heterocycles. The fourth-order valence-corrected chi connectivity index (χ4v) is 6.87. The van der Waals surface area contributed by atoms with Crippen molar-refractivity contribution < 1.29 is 22.7 Å². The first-order valence-electron chi connectivity index (χ1n) is 12.0. The number of aromatic nitrogens is 1. The summed E-state index contributed by atoms with van der Waals surface area (Å²) in [7, 11) is -2.52. The summed E-state index contributed by atoms with van der Waals surface area (Å²) in [5, 5.41) is 2.33. The van der Waals surface area contributed by atoms with E-state index in [0.717, 1.165) is 26.8 Å². The molecule has 1 aliphatic rings. The molecule has 1 unspecified atom stereocenters. The number of ether oxygens (including phenoxy) is 1. The number of rotatable bonds is 8. The lowest BCUT2D eigenvalue weighted by atomic mass is 10.1. The third-order valence-corrected chi connectivity index (χ3v) is 9.22. The summed E-state index contributed by atoms with van der Waals surface area (Å²) in [6, 6.07) is 12.9. The number of amides is 2. The molecule has 38 heavy (non-hydrogen) atoms. The molecule has 2 aromatic carbocycles. The molecule has 3 N–H and O–H groups in total. The second kappa shape index (κ2) is 10.6. The van der Waals surface area contributed by atoms with E-state index in [1.165, 1.54) is 17.4 Å². The Kier molecular flexibility index (Phi) is 7.19. The summed E-state index contributed by atoms with van der Waals surface area (Å²) in [5.41, 5.74) is 6.01. The van der Waals surface area contributed by atoms with Gasteiger partial charge in [0.25, 0.3) is 0 Å². The highest BCUT2D eigenvalue weighted by molar-refractivity contribution is 7.89. The van der Waals surface area contributed by atoms with Crippen LogP contribution in [0.3, 0.4) is 0 Å². The van der Waals surface area contributed by atoms with E-state index in [4.69, 9.17) is 10.5 Å². The first-order chi connectivity index (χ1) is 18.3. The van der Waals surface area contributed by atoms with Crippen LogP contribution in [-0.4, -0.2) is 74.8 Å². The summed E-state index contributed by atoms with van der Waals surface area (Å²) >= 11 is 1.44. The molecule has 1 atom stereocenters. The third-order valence-electron chi connectivity index (χ3n) is 6.63. The number of methoxy groups -OCH3 is 1. The Balaban J connectivity index is 1.46. The van der Waals surface area contributed by atoms with Crippen molar-refractivity contribution in [3.05, 3.63) is 59.6 Å². The number of hydrogen-bond acceptors (Lipinski definition) is 8. The Morgan fingerprint density at radius 2 is 1.89 bits per heavy atom. The normalized spacial score (nSPS) is 15.1. The number of nitrogen functional groups attached to an aromatic ring is 1. The number of hydrogen-bond donors (Lipinski definition) is 2. The van der Waals surface area contributed by atoms with Gasteiger partial charge in [-0.05, 0) is 47.2 Å². The van der Waals surface area contributed by atoms with E-state index in [0.29, 0.717) is 43.1 Å². The number of piperazine rings is 1. The Morgan fingerprint density at radius 1 is 1.13 bits per heavy atom. The van der Waals surface area contributed by atoms with Crippen molar-refractivity contribution in [3.8, 4) is 5.75 Å². The fourth-order valence-electron chi connectivity index (χ4n) is 4.54. The van der Waals surface area contributed by atoms with E-state index in [1.807, 2.05) is 18.2 Å². The number of anilines is 1. The average Bonchev–Trinajstić information content (AvgIpc) is 3.35. The highest BCUT2D eigenvalue weighted by atomic mass is 32.2. The van der Waals surface area contributed by atoms with Gasteiger partial charge >= 0.3 is 0 Å². The van der Waals surface area contributed by atoms with Crippen LogP contribution in [0.4, 0.5) is 5.82 Å². The van der Waals surface area contributed by atoms with Gasteiger partial charge in [-0.2, -0.15) is 4.72 Å². The van der Waals surface area contributed by atoms with Crippen molar-refractivity contribution in [3.63, 3.8) is 0 Å². The van der Waals surface area contributed by atoms with Gasteiger partial charge in [-0.25, -0.2) is 13.4 Å². The summed E-state index contributed by atoms with van der Waals surface area (Å²) in [5.74, 6) is 0.649. The van der Waals surface area contributed by atoms with Gasteiger partial charge in [-0.3, -0.25) is 9.59 Å². The van der Waals surface area contributed by atoms with E-state index < -0.39 is 16.1 Å². The van der Waals surface area contributed by atoms with Gasteiger partial charge in [0.2, 0.25) is 22.3 Å². The number of nitrogens with zero attached hydrogens (tertiary/aromatic N) is 3. The highest BCUT2D eigenvalue weighted by Gasteiger charge is 2.32. The Bertz CT molecular complexity index is 1610. The van der Waals surface area contributed by atoms with Crippen molar-refractivity contribution in [2.45, 2.75) is 17.4 Å². The minimum Gasteiger partial charge on any atom is -0.497 e. The molecule has 0 radical (unpaired) electrons. The maximum Gasteiger partial charge on any atom is 0.241 e. The molecule has 1 saturated heterocycles. The van der Waals surface area contributed by atoms with Crippen molar-refractivity contribution >= 4 is 60.4 Å². The fraction of sp³-hybridized carbons (Fsp3) is 0.269. The molecule has 198 valence electrons. The van der Waals surface area contributed by atoms with Gasteiger partial charge in [0.05, 0.1) is 12.0 Å². The number of pyridine rings is 1. The van der Waals surface area contributed by atoms with Crippen molar-refractivity contribution in [1.82, 2.24) is 19.5 Å². The molecule has 0 aliphatic carbocycles. The van der Waals surface area contributed by atoms with Crippen LogP contribution < -0.4 is 15.2 Å². The lowest BCUT2D eigenvalue weighted by Crippen LogP contribution is -2.55. The lowest BCUT2D eigenvalue weighted by molar-refractivity contribution is -0.136. The predicted molar refractivity (Wildman–Crippen MR) is 147 cm³/mol. The number of carbonyl (C=O) groups is 2. The molecule has 10 nitrogen and oxygen atoms in total. The molecule has 1 aliphatic heterocycles. The van der Waals surface area contributed by atoms with Gasteiger partial charge in [0, 0.05) is 53.8 Å². The van der Waals surface area contributed by atoms with Gasteiger partial charge in [-0.15, -0.1) is 11.3 Å². The van der Waals surface area contributed by atoms with Crippen LogP contribution >= 0.6 is 11.3 Å². The van der Waals surface area contributed by atoms with E-state index in [2.05, 4.69) is 9.71 Å². The molecule has 0 saturated carbocycles. The molecule has 2 aromatic heterocycles. The number of carbonyl (C=O) groups excluding carboxylic acids is 2. The number of nitrogens with two attached hydrogens (primary N) is 1. The summed E-state index contributed by atoms with van der Waals surface area (Å²) in [6.45, 7) is 1.45. The Morgan fingerprint density at radius 3 is 2.61 bits per heavy atom. The summed E-state index contributed by atoms with van der Waals surface area (Å²) < 4.78 is 35.9. The Labute approximate surface area is 224 Å². The topological polar surface area (TPSA) is 135 Å². The second-order valence-electron chi connectivity index (χ2n) is 9.04. The van der Waals surface area contributed by atoms with Crippen molar-refractivity contribution in [2.24, 2.45) is 0 Å². The third kappa shape index (κ3) is 5.28. The SMILES string of the molecule is COc1ccc2ccc(S(=O)(=O)NC(Cc3cc4c(N)nccc4s3)C(=O)N3CCN(C=O)CC3)cc2c1. The van der Waals surface area contributed by atoms with E-state index in [9.17, 15) is 18.0 Å². The molecule has 1 fully saturated rings. The smallest absolute Gasteiger partial charge is 0.241 e. The monoisotopic (exact) mass is 553 g/mol. The van der Waals surface area contributed by atoms with Crippen LogP contribution in [-0.2, 0) is 26.0 Å². The zero-order valence-electron chi connectivity index (χ0n) is 20.7. The molecule has 0 spiro atoms. The maximum atomic E-state index is 13.6. The summed E-state index contributed by atoms with van der Waals surface area (Å²) in [6.07, 6.45) is 2.52. The molecule has 2 amide bonds. The maximum absolute atomic E-state index is 13.6. The van der Waals surface area contributed by atoms with Crippen LogP contribution in [0, 0.1) is 0 Å². The largest absolute Gasteiger partial charge is 0.497 e. The number of sulfonamides is 1. The molecule has 0 bridgehead atoms. The average molecular weight is 554 g/mol. The standard InChI is InChI=1S/C26H27N5O5S2/c1-36-19-4-2-17-3-5-21(13-18(17)12-19)38(34,35)29-23(26(33)31-10-8-30(16-32)9-11-31)15-20-14-22-24(37-20)6-7-28-25(22)27/h2-7,12-14,16,23,29H,8-11,15H2,1H3,(H2,27,28). The van der Waals surface area contributed by atoms with Crippen LogP contribution in [0.25, 0.3) is 20.9 Å². The predicted octanol–water partition coefficient (Wildman–Crippen LogP) is 2.23. The highest BCUT2D eigenvalue weighted by Crippen LogP contribution is 2.30. The van der Waals surface area contributed by atoms with Gasteiger partial charge in [0.1, 0.15) is 17.6 Å². The van der Waals surface area contributed by atoms with E-state index in [-0.39, 0.29) is 17.2 Å². The van der Waals surface area contributed by atoms with Crippen LogP contribution in [0.1, 0.15) is 4.88 Å². The summed E-state index contributed by atoms with van der Waals surface area (Å²) in [4.78, 5) is 32.9. The van der Waals surface area contributed by atoms with Gasteiger partial charge < -0.3 is 20.3 Å². The first kappa shape index (κ1) is 25.9. The minimum atomic E-state index is -4.07. The molecule has 4 aromatic rings. The van der Waals surface area contributed by atoms with Crippen molar-refractivity contribution in [1.29, 1.82) is 0 Å². The van der Waals surface area contributed by atoms with Crippen LogP contribution in [0.15, 0.2) is 59.6 Å². The molecule has 12 heteroatoms. The first-order valence-corrected chi connectivity index (χ1v) is 14.3. The minimum absolute atomic E-state index is 0.0478. The number of nitrogens with one attached hydrogen (secondary N) is 1. The van der Waals surface area contributed by atoms with Crippen LogP contribution in [0.5, 0.6) is 5.75 Å². The van der Waals surface area contributed by atoms with Gasteiger partial charge in [-0.1, -0.05) is 12.1 Å². The molecular formula is C26H27N5O5S2. The quantitative estimate of drug-likeness (QED) is 0.320. The number of thiophene rings is 1. The van der Waals surface area contributed by atoms with Crippen molar-refractivity contribution in [2.75, 3.05) is 39.0 Å². The Hall–Kier alpha value is -3.74. The zero-order chi connectivity index (χ0) is 26.9.